The molecule has 0 unspecified atom stereocenters. The standard InChI is InChI=1S/C19H18FNO3S/c1-13-6-8-16(9-7-13)25(22,23)18-17(19(18,11-21)12-24-2)14-4-3-5-15(20)10-14/h3-10,17-18H,12H2,1-2H3/t17-,18-,19+/m0/s1. The van der Waals surface area contributed by atoms with E-state index in [9.17, 15) is 18.1 Å². The highest BCUT2D eigenvalue weighted by Gasteiger charge is 2.72. The van der Waals surface area contributed by atoms with Gasteiger partial charge in [-0.25, -0.2) is 12.8 Å². The van der Waals surface area contributed by atoms with Gasteiger partial charge in [-0.05, 0) is 36.8 Å². The van der Waals surface area contributed by atoms with Crippen LogP contribution in [0.25, 0.3) is 0 Å². The van der Waals surface area contributed by atoms with E-state index >= 15 is 0 Å². The number of aryl methyl sites for hydroxylation is 1. The molecule has 0 aliphatic heterocycles. The van der Waals surface area contributed by atoms with Gasteiger partial charge in [-0.2, -0.15) is 5.26 Å². The number of sulfone groups is 1. The topological polar surface area (TPSA) is 67.2 Å². The lowest BCUT2D eigenvalue weighted by Crippen LogP contribution is -2.19. The van der Waals surface area contributed by atoms with Crippen molar-refractivity contribution in [3.63, 3.8) is 0 Å². The quantitative estimate of drug-likeness (QED) is 0.822. The second kappa shape index (κ2) is 6.25. The molecule has 1 fully saturated rings. The lowest BCUT2D eigenvalue weighted by Gasteiger charge is -2.08. The average Bonchev–Trinajstić information content (AvgIpc) is 3.26. The Balaban J connectivity index is 2.09. The minimum Gasteiger partial charge on any atom is -0.383 e. The summed E-state index contributed by atoms with van der Waals surface area (Å²) in [6.07, 6.45) is 0. The van der Waals surface area contributed by atoms with Crippen LogP contribution in [0.3, 0.4) is 0 Å². The van der Waals surface area contributed by atoms with E-state index in [4.69, 9.17) is 4.74 Å². The predicted octanol–water partition coefficient (Wildman–Crippen LogP) is 3.23. The Labute approximate surface area is 146 Å². The molecule has 0 radical (unpaired) electrons. The van der Waals surface area contributed by atoms with Crippen molar-refractivity contribution in [2.24, 2.45) is 5.41 Å². The van der Waals surface area contributed by atoms with Crippen molar-refractivity contribution >= 4 is 9.84 Å². The minimum atomic E-state index is -3.76. The summed E-state index contributed by atoms with van der Waals surface area (Å²) in [6.45, 7) is 1.84. The van der Waals surface area contributed by atoms with E-state index in [1.54, 1.807) is 30.3 Å². The van der Waals surface area contributed by atoms with Gasteiger partial charge in [0.1, 0.15) is 11.2 Å². The SMILES string of the molecule is COC[C@]1(C#N)[C@@H](c2cccc(F)c2)[C@@H]1S(=O)(=O)c1ccc(C)cc1. The Morgan fingerprint density at radius 3 is 2.48 bits per heavy atom. The summed E-state index contributed by atoms with van der Waals surface area (Å²) in [4.78, 5) is 0.165. The maximum Gasteiger partial charge on any atom is 0.183 e. The first kappa shape index (κ1) is 17.6. The molecule has 1 saturated carbocycles. The Morgan fingerprint density at radius 1 is 1.24 bits per heavy atom. The zero-order chi connectivity index (χ0) is 18.2. The van der Waals surface area contributed by atoms with Crippen molar-refractivity contribution in [3.05, 3.63) is 65.5 Å². The first-order chi connectivity index (χ1) is 11.9. The van der Waals surface area contributed by atoms with Crippen LogP contribution in [0.2, 0.25) is 0 Å². The Morgan fingerprint density at radius 2 is 1.92 bits per heavy atom. The molecule has 2 aromatic carbocycles. The molecular formula is C19H18FNO3S. The highest BCUT2D eigenvalue weighted by atomic mass is 32.2. The van der Waals surface area contributed by atoms with Crippen LogP contribution in [0.4, 0.5) is 4.39 Å². The highest BCUT2D eigenvalue weighted by molar-refractivity contribution is 7.92. The lowest BCUT2D eigenvalue weighted by atomic mass is 10.0. The lowest BCUT2D eigenvalue weighted by molar-refractivity contribution is 0.162. The fourth-order valence-corrected chi connectivity index (χ4v) is 5.79. The maximum atomic E-state index is 13.6. The number of nitriles is 1. The second-order valence-corrected chi connectivity index (χ2v) is 8.47. The molecule has 0 bridgehead atoms. The van der Waals surface area contributed by atoms with Crippen molar-refractivity contribution in [3.8, 4) is 6.07 Å². The molecule has 25 heavy (non-hydrogen) atoms. The van der Waals surface area contributed by atoms with Crippen molar-refractivity contribution in [2.45, 2.75) is 23.0 Å². The first-order valence-electron chi connectivity index (χ1n) is 7.83. The van der Waals surface area contributed by atoms with Crippen LogP contribution in [0.15, 0.2) is 53.4 Å². The van der Waals surface area contributed by atoms with Crippen LogP contribution in [0, 0.1) is 29.5 Å². The summed E-state index contributed by atoms with van der Waals surface area (Å²) in [6, 6.07) is 14.4. The molecule has 0 amide bonds. The molecule has 6 heteroatoms. The summed E-state index contributed by atoms with van der Waals surface area (Å²) in [5, 5.41) is 8.76. The van der Waals surface area contributed by atoms with Crippen molar-refractivity contribution in [2.75, 3.05) is 13.7 Å². The summed E-state index contributed by atoms with van der Waals surface area (Å²) in [5.41, 5.74) is 0.228. The maximum absolute atomic E-state index is 13.6. The van der Waals surface area contributed by atoms with Crippen LogP contribution < -0.4 is 0 Å². The molecule has 130 valence electrons. The molecule has 1 aliphatic rings. The molecule has 3 atom stereocenters. The summed E-state index contributed by atoms with van der Waals surface area (Å²) < 4.78 is 45.0. The van der Waals surface area contributed by atoms with Gasteiger partial charge in [0.15, 0.2) is 9.84 Å². The largest absolute Gasteiger partial charge is 0.383 e. The normalized spacial score (nSPS) is 25.4. The molecular weight excluding hydrogens is 341 g/mol. The van der Waals surface area contributed by atoms with E-state index in [2.05, 4.69) is 6.07 Å². The molecule has 0 N–H and O–H groups in total. The number of benzene rings is 2. The molecule has 0 spiro atoms. The number of methoxy groups -OCH3 is 1. The van der Waals surface area contributed by atoms with Crippen molar-refractivity contribution in [1.29, 1.82) is 5.26 Å². The Bertz CT molecular complexity index is 934. The summed E-state index contributed by atoms with van der Waals surface area (Å²) in [5.74, 6) is -1.08. The zero-order valence-electron chi connectivity index (χ0n) is 13.9. The van der Waals surface area contributed by atoms with Gasteiger partial charge in [0.05, 0.1) is 22.8 Å². The third-order valence-electron chi connectivity index (χ3n) is 4.74. The van der Waals surface area contributed by atoms with Crippen LogP contribution >= 0.6 is 0 Å². The first-order valence-corrected chi connectivity index (χ1v) is 9.37. The minimum absolute atomic E-state index is 0.0273. The Kier molecular flexibility index (Phi) is 4.40. The molecule has 0 aromatic heterocycles. The molecule has 1 aliphatic carbocycles. The number of hydrogen-bond donors (Lipinski definition) is 0. The summed E-state index contributed by atoms with van der Waals surface area (Å²) >= 11 is 0. The molecule has 2 aromatic rings. The van der Waals surface area contributed by atoms with Crippen LogP contribution in [0.5, 0.6) is 0 Å². The van der Waals surface area contributed by atoms with E-state index in [0.29, 0.717) is 5.56 Å². The van der Waals surface area contributed by atoms with Crippen LogP contribution in [0.1, 0.15) is 17.0 Å². The van der Waals surface area contributed by atoms with E-state index in [1.807, 2.05) is 6.92 Å². The van der Waals surface area contributed by atoms with E-state index < -0.39 is 32.2 Å². The highest BCUT2D eigenvalue weighted by Crippen LogP contribution is 2.63. The molecule has 4 nitrogen and oxygen atoms in total. The van der Waals surface area contributed by atoms with Gasteiger partial charge >= 0.3 is 0 Å². The zero-order valence-corrected chi connectivity index (χ0v) is 14.8. The monoisotopic (exact) mass is 359 g/mol. The molecule has 0 heterocycles. The van der Waals surface area contributed by atoms with Gasteiger partial charge in [-0.15, -0.1) is 0 Å². The number of nitrogens with zero attached hydrogens (tertiary/aromatic N) is 1. The van der Waals surface area contributed by atoms with Crippen LogP contribution in [-0.2, 0) is 14.6 Å². The summed E-state index contributed by atoms with van der Waals surface area (Å²) in [7, 11) is -2.33. The predicted molar refractivity (Wildman–Crippen MR) is 91.2 cm³/mol. The molecule has 0 saturated heterocycles. The number of ether oxygens (including phenoxy) is 1. The smallest absolute Gasteiger partial charge is 0.183 e. The average molecular weight is 359 g/mol. The molecule has 3 rings (SSSR count). The third-order valence-corrected chi connectivity index (χ3v) is 7.03. The van der Waals surface area contributed by atoms with Crippen molar-refractivity contribution in [1.82, 2.24) is 0 Å². The van der Waals surface area contributed by atoms with Gasteiger partial charge in [-0.3, -0.25) is 0 Å². The second-order valence-electron chi connectivity index (χ2n) is 6.40. The van der Waals surface area contributed by atoms with Gasteiger partial charge < -0.3 is 4.74 Å². The van der Waals surface area contributed by atoms with E-state index in [0.717, 1.165) is 5.56 Å². The third kappa shape index (κ3) is 2.84. The van der Waals surface area contributed by atoms with Gasteiger partial charge in [0, 0.05) is 13.0 Å². The fraction of sp³-hybridized carbons (Fsp3) is 0.316. The van der Waals surface area contributed by atoms with E-state index in [1.165, 1.54) is 25.3 Å². The van der Waals surface area contributed by atoms with Gasteiger partial charge in [0.2, 0.25) is 0 Å². The Hall–Kier alpha value is -2.23. The van der Waals surface area contributed by atoms with Crippen LogP contribution in [-0.4, -0.2) is 27.4 Å². The van der Waals surface area contributed by atoms with Gasteiger partial charge in [0.25, 0.3) is 0 Å². The number of hydrogen-bond acceptors (Lipinski definition) is 4. The number of rotatable bonds is 5. The fourth-order valence-electron chi connectivity index (χ4n) is 3.48. The number of halogens is 1. The van der Waals surface area contributed by atoms with Crippen molar-refractivity contribution < 1.29 is 17.5 Å². The van der Waals surface area contributed by atoms with E-state index in [-0.39, 0.29) is 11.5 Å². The van der Waals surface area contributed by atoms with Gasteiger partial charge in [-0.1, -0.05) is 29.8 Å².